The first kappa shape index (κ1) is 11.0. The van der Waals surface area contributed by atoms with E-state index in [1.54, 1.807) is 0 Å². The van der Waals surface area contributed by atoms with Crippen molar-refractivity contribution in [3.05, 3.63) is 48.6 Å². The molecule has 0 radical (unpaired) electrons. The molecule has 0 heterocycles. The zero-order valence-corrected chi connectivity index (χ0v) is 8.03. The normalized spacial score (nSPS) is 15.2. The highest BCUT2D eigenvalue weighted by molar-refractivity contribution is 5.07. The molecule has 0 spiro atoms. The van der Waals surface area contributed by atoms with Crippen LogP contribution in [0.3, 0.4) is 0 Å². The molecule has 0 atom stereocenters. The Bertz CT molecular complexity index is 158. The molecule has 0 fully saturated rings. The van der Waals surface area contributed by atoms with Gasteiger partial charge < -0.3 is 0 Å². The van der Waals surface area contributed by atoms with Gasteiger partial charge >= 0.3 is 0 Å². The molecule has 1 rings (SSSR count). The summed E-state index contributed by atoms with van der Waals surface area (Å²) in [6.07, 6.45) is 19.0. The third kappa shape index (κ3) is 8.96. The van der Waals surface area contributed by atoms with Crippen molar-refractivity contribution in [1.29, 1.82) is 0 Å². The van der Waals surface area contributed by atoms with E-state index >= 15 is 0 Å². The average molecular weight is 162 g/mol. The molecule has 0 bridgehead atoms. The molecule has 0 aromatic carbocycles. The van der Waals surface area contributed by atoms with Gasteiger partial charge in [-0.05, 0) is 26.7 Å². The molecular weight excluding hydrogens is 144 g/mol. The van der Waals surface area contributed by atoms with Gasteiger partial charge in [0.25, 0.3) is 0 Å². The monoisotopic (exact) mass is 162 g/mol. The summed E-state index contributed by atoms with van der Waals surface area (Å²) in [6.45, 7) is 4.00. The summed E-state index contributed by atoms with van der Waals surface area (Å²) in [7, 11) is 0. The minimum atomic E-state index is 1.23. The number of hydrogen-bond donors (Lipinski definition) is 0. The number of allylic oxidation sites excluding steroid dienone is 8. The molecule has 0 aromatic heterocycles. The van der Waals surface area contributed by atoms with Crippen LogP contribution in [0.5, 0.6) is 0 Å². The lowest BCUT2D eigenvalue weighted by Crippen LogP contribution is -1.67. The van der Waals surface area contributed by atoms with Crippen molar-refractivity contribution >= 4 is 0 Å². The van der Waals surface area contributed by atoms with E-state index in [4.69, 9.17) is 0 Å². The van der Waals surface area contributed by atoms with E-state index in [1.807, 2.05) is 38.2 Å². The van der Waals surface area contributed by atoms with Crippen LogP contribution >= 0.6 is 0 Å². The van der Waals surface area contributed by atoms with Crippen molar-refractivity contribution in [2.45, 2.75) is 26.7 Å². The summed E-state index contributed by atoms with van der Waals surface area (Å²) in [5, 5.41) is 0. The van der Waals surface area contributed by atoms with E-state index in [0.717, 1.165) is 0 Å². The van der Waals surface area contributed by atoms with Crippen molar-refractivity contribution in [3.8, 4) is 0 Å². The van der Waals surface area contributed by atoms with Gasteiger partial charge in [0.1, 0.15) is 0 Å². The highest BCUT2D eigenvalue weighted by atomic mass is 13.8. The molecule has 66 valence electrons. The van der Waals surface area contributed by atoms with Gasteiger partial charge in [-0.25, -0.2) is 0 Å². The van der Waals surface area contributed by atoms with Crippen LogP contribution in [0, 0.1) is 0 Å². The van der Waals surface area contributed by atoms with Crippen molar-refractivity contribution in [1.82, 2.24) is 0 Å². The summed E-state index contributed by atoms with van der Waals surface area (Å²) in [4.78, 5) is 0. The Kier molecular flexibility index (Phi) is 9.10. The van der Waals surface area contributed by atoms with E-state index in [0.29, 0.717) is 0 Å². The quantitative estimate of drug-likeness (QED) is 0.511. The van der Waals surface area contributed by atoms with Crippen LogP contribution in [0.2, 0.25) is 0 Å². The van der Waals surface area contributed by atoms with Crippen LogP contribution in [-0.4, -0.2) is 0 Å². The highest BCUT2D eigenvalue weighted by Crippen LogP contribution is 1.98. The molecule has 0 N–H and O–H groups in total. The highest BCUT2D eigenvalue weighted by Gasteiger charge is 1.77. The van der Waals surface area contributed by atoms with E-state index in [-0.39, 0.29) is 0 Å². The predicted molar refractivity (Wildman–Crippen MR) is 57.1 cm³/mol. The second kappa shape index (κ2) is 9.96. The zero-order chi connectivity index (χ0) is 9.07. The van der Waals surface area contributed by atoms with Crippen molar-refractivity contribution < 1.29 is 0 Å². The summed E-state index contributed by atoms with van der Waals surface area (Å²) in [6, 6.07) is 0. The molecule has 12 heavy (non-hydrogen) atoms. The second-order valence-electron chi connectivity index (χ2n) is 2.49. The van der Waals surface area contributed by atoms with Gasteiger partial charge in [0, 0.05) is 0 Å². The first-order valence-corrected chi connectivity index (χ1v) is 4.47. The van der Waals surface area contributed by atoms with Gasteiger partial charge in [-0.15, -0.1) is 0 Å². The zero-order valence-electron chi connectivity index (χ0n) is 8.03. The van der Waals surface area contributed by atoms with E-state index in [1.165, 1.54) is 12.8 Å². The molecule has 1 aliphatic rings. The maximum Gasteiger partial charge on any atom is -0.0313 e. The van der Waals surface area contributed by atoms with Gasteiger partial charge in [-0.1, -0.05) is 48.6 Å². The van der Waals surface area contributed by atoms with Gasteiger partial charge in [0.05, 0.1) is 0 Å². The predicted octanol–water partition coefficient (Wildman–Crippen LogP) is 4.03. The van der Waals surface area contributed by atoms with Crippen LogP contribution in [-0.2, 0) is 0 Å². The summed E-state index contributed by atoms with van der Waals surface area (Å²) in [5.74, 6) is 0. The smallest absolute Gasteiger partial charge is 0.0313 e. The maximum absolute atomic E-state index is 2.18. The van der Waals surface area contributed by atoms with E-state index in [2.05, 4.69) is 24.3 Å². The Labute approximate surface area is 76.0 Å². The molecule has 0 heteroatoms. The van der Waals surface area contributed by atoms with E-state index < -0.39 is 0 Å². The van der Waals surface area contributed by atoms with E-state index in [9.17, 15) is 0 Å². The molecule has 0 saturated heterocycles. The lowest BCUT2D eigenvalue weighted by atomic mass is 10.2. The summed E-state index contributed by atoms with van der Waals surface area (Å²) >= 11 is 0. The minimum absolute atomic E-state index is 1.23. The van der Waals surface area contributed by atoms with Crippen LogP contribution < -0.4 is 0 Å². The fraction of sp³-hybridized carbons (Fsp3) is 0.333. The molecule has 0 aromatic rings. The Morgan fingerprint density at radius 1 is 0.833 bits per heavy atom. The summed E-state index contributed by atoms with van der Waals surface area (Å²) in [5.41, 5.74) is 0. The lowest BCUT2D eigenvalue weighted by Gasteiger charge is -1.88. The Balaban J connectivity index is 0.000000202. The standard InChI is InChI=1S/C6H8.C6H10/c1-2-4-6-5-3-1;1-3-5-6-4-2/h1-4H,5-6H2;3-6H,1-2H3. The average Bonchev–Trinajstić information content (AvgIpc) is 2.18. The molecule has 0 amide bonds. The largest absolute Gasteiger partial charge is 0.0877 e. The third-order valence-electron chi connectivity index (χ3n) is 1.38. The fourth-order valence-corrected chi connectivity index (χ4v) is 0.764. The van der Waals surface area contributed by atoms with Crippen LogP contribution in [0.1, 0.15) is 26.7 Å². The topological polar surface area (TPSA) is 0 Å². The van der Waals surface area contributed by atoms with Crippen molar-refractivity contribution in [2.75, 3.05) is 0 Å². The van der Waals surface area contributed by atoms with Gasteiger partial charge in [-0.3, -0.25) is 0 Å². The van der Waals surface area contributed by atoms with Gasteiger partial charge in [0.2, 0.25) is 0 Å². The minimum Gasteiger partial charge on any atom is -0.0877 e. The van der Waals surface area contributed by atoms with Crippen LogP contribution in [0.4, 0.5) is 0 Å². The first-order valence-electron chi connectivity index (χ1n) is 4.47. The lowest BCUT2D eigenvalue weighted by molar-refractivity contribution is 1.04. The Morgan fingerprint density at radius 3 is 1.42 bits per heavy atom. The van der Waals surface area contributed by atoms with Crippen molar-refractivity contribution in [3.63, 3.8) is 0 Å². The van der Waals surface area contributed by atoms with Crippen LogP contribution in [0.15, 0.2) is 48.6 Å². The van der Waals surface area contributed by atoms with Crippen molar-refractivity contribution in [2.24, 2.45) is 0 Å². The maximum atomic E-state index is 2.18. The SMILES string of the molecule is C1=CCCC=C1.CC=CC=CC. The third-order valence-corrected chi connectivity index (χ3v) is 1.38. The fourth-order valence-electron chi connectivity index (χ4n) is 0.764. The Morgan fingerprint density at radius 2 is 1.25 bits per heavy atom. The second-order valence-corrected chi connectivity index (χ2v) is 2.49. The van der Waals surface area contributed by atoms with Crippen LogP contribution in [0.25, 0.3) is 0 Å². The van der Waals surface area contributed by atoms with Gasteiger partial charge in [0.15, 0.2) is 0 Å². The number of rotatable bonds is 1. The molecule has 0 aliphatic heterocycles. The molecule has 0 unspecified atom stereocenters. The van der Waals surface area contributed by atoms with Gasteiger partial charge in [-0.2, -0.15) is 0 Å². The number of hydrogen-bond acceptors (Lipinski definition) is 0. The summed E-state index contributed by atoms with van der Waals surface area (Å²) < 4.78 is 0. The Hall–Kier alpha value is -1.04. The first-order chi connectivity index (χ1) is 5.91. The molecule has 1 aliphatic carbocycles. The molecule has 0 nitrogen and oxygen atoms in total. The molecule has 0 saturated carbocycles. The molecular formula is C12H18.